The molecule has 0 aromatic heterocycles. The Balaban J connectivity index is 1.77. The summed E-state index contributed by atoms with van der Waals surface area (Å²) in [5, 5.41) is 5.85. The number of imide groups is 1. The van der Waals surface area contributed by atoms with Crippen LogP contribution in [0.4, 0.5) is 0 Å². The quantitative estimate of drug-likeness (QED) is 0.304. The lowest BCUT2D eigenvalue weighted by atomic mass is 9.85. The van der Waals surface area contributed by atoms with Gasteiger partial charge in [0.1, 0.15) is 5.92 Å². The Morgan fingerprint density at radius 1 is 0.973 bits per heavy atom. The molecule has 0 radical (unpaired) electrons. The van der Waals surface area contributed by atoms with Gasteiger partial charge in [0.2, 0.25) is 27.7 Å². The van der Waals surface area contributed by atoms with Crippen molar-refractivity contribution >= 4 is 39.6 Å². The van der Waals surface area contributed by atoms with Crippen molar-refractivity contribution in [2.75, 3.05) is 0 Å². The zero-order valence-electron chi connectivity index (χ0n) is 20.9. The molecule has 1 aliphatic heterocycles. The van der Waals surface area contributed by atoms with E-state index >= 15 is 0 Å². The van der Waals surface area contributed by atoms with Crippen LogP contribution in [0.15, 0.2) is 66.1 Å². The first-order chi connectivity index (χ1) is 17.5. The Hall–Kier alpha value is -3.63. The normalized spacial score (nSPS) is 19.6. The van der Waals surface area contributed by atoms with Gasteiger partial charge >= 0.3 is 0 Å². The first-order valence-electron chi connectivity index (χ1n) is 12.0. The van der Waals surface area contributed by atoms with Crippen LogP contribution in [0.2, 0.25) is 0 Å². The molecular weight excluding hydrogens is 494 g/mol. The fraction of sp³-hybridized carbons (Fsp3) is 0.333. The van der Waals surface area contributed by atoms with E-state index in [9.17, 15) is 27.6 Å². The summed E-state index contributed by atoms with van der Waals surface area (Å²) in [6.07, 6.45) is 1.16. The summed E-state index contributed by atoms with van der Waals surface area (Å²) in [6, 6.07) is 15.6. The number of hydrogen-bond acceptors (Lipinski definition) is 6. The topological polar surface area (TPSA) is 139 Å². The zero-order valence-corrected chi connectivity index (χ0v) is 21.7. The molecular formula is C27H31N3O6S. The van der Waals surface area contributed by atoms with Gasteiger partial charge in [-0.2, -0.15) is 0 Å². The second-order valence-electron chi connectivity index (χ2n) is 9.36. The SMILES string of the molecule is CC(C)C(NC(=O)C[C@H](NS(=O)(=O)C=Cc1ccccc1)c1ccccc1)C(=O)[C@@H]1C(=O)NC(=O)[C@H]1C. The molecule has 2 aromatic rings. The highest BCUT2D eigenvalue weighted by Gasteiger charge is 2.46. The molecule has 1 aliphatic rings. The van der Waals surface area contributed by atoms with Crippen molar-refractivity contribution in [2.45, 2.75) is 39.3 Å². The van der Waals surface area contributed by atoms with Crippen molar-refractivity contribution in [3.63, 3.8) is 0 Å². The Morgan fingerprint density at radius 3 is 2.11 bits per heavy atom. The van der Waals surface area contributed by atoms with Crippen molar-refractivity contribution < 1.29 is 27.6 Å². The molecule has 10 heteroatoms. The van der Waals surface area contributed by atoms with Crippen molar-refractivity contribution in [3.05, 3.63) is 77.2 Å². The van der Waals surface area contributed by atoms with E-state index in [1.54, 1.807) is 68.4 Å². The van der Waals surface area contributed by atoms with Gasteiger partial charge in [0.25, 0.3) is 0 Å². The number of nitrogens with one attached hydrogen (secondary N) is 3. The lowest BCUT2D eigenvalue weighted by Gasteiger charge is -2.25. The molecule has 196 valence electrons. The minimum absolute atomic E-state index is 0.287. The minimum atomic E-state index is -3.94. The van der Waals surface area contributed by atoms with Gasteiger partial charge < -0.3 is 5.32 Å². The summed E-state index contributed by atoms with van der Waals surface area (Å²) < 4.78 is 28.2. The third-order valence-electron chi connectivity index (χ3n) is 6.18. The molecule has 0 saturated carbocycles. The third-order valence-corrected chi connectivity index (χ3v) is 7.28. The number of ketones is 1. The molecule has 4 atom stereocenters. The van der Waals surface area contributed by atoms with Gasteiger partial charge in [0, 0.05) is 11.8 Å². The van der Waals surface area contributed by atoms with Gasteiger partial charge in [-0.1, -0.05) is 81.4 Å². The number of benzene rings is 2. The molecule has 2 aromatic carbocycles. The Morgan fingerprint density at radius 2 is 1.57 bits per heavy atom. The number of amides is 3. The summed E-state index contributed by atoms with van der Waals surface area (Å²) >= 11 is 0. The van der Waals surface area contributed by atoms with Crippen LogP contribution in [0.25, 0.3) is 6.08 Å². The maximum absolute atomic E-state index is 13.1. The Labute approximate surface area is 216 Å². The van der Waals surface area contributed by atoms with Crippen molar-refractivity contribution in [1.29, 1.82) is 0 Å². The number of carbonyl (C=O) groups excluding carboxylic acids is 4. The average molecular weight is 526 g/mol. The average Bonchev–Trinajstić information content (AvgIpc) is 3.12. The van der Waals surface area contributed by atoms with Crippen LogP contribution >= 0.6 is 0 Å². The first kappa shape index (κ1) is 27.9. The summed E-state index contributed by atoms with van der Waals surface area (Å²) in [5.74, 6) is -4.73. The zero-order chi connectivity index (χ0) is 27.2. The standard InChI is InChI=1S/C27H31N3O6S/c1-17(2)24(25(32)23-18(3)26(33)29-27(23)34)28-22(31)16-21(20-12-8-5-9-13-20)30-37(35,36)15-14-19-10-6-4-7-11-19/h4-15,17-18,21,23-24,30H,16H2,1-3H3,(H,28,31)(H,29,33,34)/t18-,21-,23+,24?/m0/s1. The van der Waals surface area contributed by atoms with Crippen LogP contribution < -0.4 is 15.4 Å². The molecule has 37 heavy (non-hydrogen) atoms. The van der Waals surface area contributed by atoms with E-state index in [1.807, 2.05) is 6.07 Å². The second kappa shape index (κ2) is 12.1. The fourth-order valence-corrected chi connectivity index (χ4v) is 5.16. The Kier molecular flexibility index (Phi) is 9.12. The molecule has 1 unspecified atom stereocenters. The van der Waals surface area contributed by atoms with Crippen LogP contribution in [0.1, 0.15) is 44.4 Å². The van der Waals surface area contributed by atoms with E-state index in [0.717, 1.165) is 5.41 Å². The monoisotopic (exact) mass is 525 g/mol. The van der Waals surface area contributed by atoms with E-state index in [2.05, 4.69) is 15.4 Å². The van der Waals surface area contributed by atoms with E-state index in [1.165, 1.54) is 13.0 Å². The molecule has 0 aliphatic carbocycles. The van der Waals surface area contributed by atoms with Crippen LogP contribution in [0, 0.1) is 17.8 Å². The van der Waals surface area contributed by atoms with Crippen LogP contribution in [0.5, 0.6) is 0 Å². The third kappa shape index (κ3) is 7.43. The predicted molar refractivity (Wildman–Crippen MR) is 139 cm³/mol. The molecule has 9 nitrogen and oxygen atoms in total. The van der Waals surface area contributed by atoms with Gasteiger partial charge in [-0.15, -0.1) is 0 Å². The summed E-state index contributed by atoms with van der Waals surface area (Å²) in [5.41, 5.74) is 1.26. The van der Waals surface area contributed by atoms with E-state index in [-0.39, 0.29) is 12.3 Å². The highest BCUT2D eigenvalue weighted by Crippen LogP contribution is 2.24. The number of hydrogen-bond donors (Lipinski definition) is 3. The van der Waals surface area contributed by atoms with E-state index in [0.29, 0.717) is 11.1 Å². The smallest absolute Gasteiger partial charge is 0.238 e. The lowest BCUT2D eigenvalue weighted by molar-refractivity contribution is -0.137. The number of Topliss-reactive ketones (excluding diaryl/α,β-unsaturated/α-hetero) is 1. The van der Waals surface area contributed by atoms with Crippen LogP contribution in [0.3, 0.4) is 0 Å². The van der Waals surface area contributed by atoms with Gasteiger partial charge in [0.15, 0.2) is 5.78 Å². The Bertz CT molecular complexity index is 1280. The molecule has 1 fully saturated rings. The molecule has 1 heterocycles. The second-order valence-corrected chi connectivity index (χ2v) is 11.0. The lowest BCUT2D eigenvalue weighted by Crippen LogP contribution is -2.49. The number of rotatable bonds is 11. The van der Waals surface area contributed by atoms with Gasteiger partial charge in [-0.3, -0.25) is 24.5 Å². The fourth-order valence-electron chi connectivity index (χ4n) is 4.13. The highest BCUT2D eigenvalue weighted by atomic mass is 32.2. The van der Waals surface area contributed by atoms with Crippen molar-refractivity contribution in [1.82, 2.24) is 15.4 Å². The molecule has 0 bridgehead atoms. The maximum atomic E-state index is 13.1. The predicted octanol–water partition coefficient (Wildman–Crippen LogP) is 2.33. The van der Waals surface area contributed by atoms with Crippen molar-refractivity contribution in [3.8, 4) is 0 Å². The summed E-state index contributed by atoms with van der Waals surface area (Å²) in [6.45, 7) is 4.92. The highest BCUT2D eigenvalue weighted by molar-refractivity contribution is 7.92. The maximum Gasteiger partial charge on any atom is 0.238 e. The molecule has 3 amide bonds. The number of carbonyl (C=O) groups is 4. The van der Waals surface area contributed by atoms with Gasteiger partial charge in [-0.25, -0.2) is 13.1 Å². The first-order valence-corrected chi connectivity index (χ1v) is 13.5. The van der Waals surface area contributed by atoms with Gasteiger partial charge in [0.05, 0.1) is 18.0 Å². The molecule has 0 spiro atoms. The number of sulfonamides is 1. The minimum Gasteiger partial charge on any atom is -0.346 e. The summed E-state index contributed by atoms with van der Waals surface area (Å²) in [4.78, 5) is 50.2. The van der Waals surface area contributed by atoms with E-state index < -0.39 is 57.4 Å². The van der Waals surface area contributed by atoms with Crippen LogP contribution in [-0.2, 0) is 29.2 Å². The molecule has 3 N–H and O–H groups in total. The molecule has 1 saturated heterocycles. The van der Waals surface area contributed by atoms with E-state index in [4.69, 9.17) is 0 Å². The largest absolute Gasteiger partial charge is 0.346 e. The molecule has 3 rings (SSSR count). The van der Waals surface area contributed by atoms with Crippen molar-refractivity contribution in [2.24, 2.45) is 17.8 Å². The van der Waals surface area contributed by atoms with Crippen LogP contribution in [-0.4, -0.2) is 38.0 Å². The summed E-state index contributed by atoms with van der Waals surface area (Å²) in [7, 11) is -3.94. The van der Waals surface area contributed by atoms with Gasteiger partial charge in [-0.05, 0) is 23.1 Å².